The first kappa shape index (κ1) is 13.4. The van der Waals surface area contributed by atoms with E-state index in [9.17, 15) is 9.59 Å². The van der Waals surface area contributed by atoms with Gasteiger partial charge in [-0.05, 0) is 11.1 Å². The number of hydrogen-bond acceptors (Lipinski definition) is 5. The first-order valence-electron chi connectivity index (χ1n) is 6.16. The molecule has 1 aromatic carbocycles. The Morgan fingerprint density at radius 1 is 1.16 bits per heavy atom. The highest BCUT2D eigenvalue weighted by atomic mass is 16.8. The van der Waals surface area contributed by atoms with Crippen LogP contribution in [0.5, 0.6) is 0 Å². The zero-order chi connectivity index (χ0) is 13.8. The molecule has 0 spiro atoms. The van der Waals surface area contributed by atoms with Crippen LogP contribution in [0.2, 0.25) is 0 Å². The highest BCUT2D eigenvalue weighted by molar-refractivity contribution is 5.66. The van der Waals surface area contributed by atoms with Gasteiger partial charge in [-0.3, -0.25) is 4.79 Å². The van der Waals surface area contributed by atoms with Crippen LogP contribution in [0.1, 0.15) is 25.0 Å². The standard InChI is InChI=1S/C14H16O5/c1-9(15)17-10(2)18-14(16)19-13-7-11-5-3-4-6-12(11)8-13/h3-6,10,13H,7-8H2,1-2H3. The molecule has 1 aliphatic rings. The lowest BCUT2D eigenvalue weighted by molar-refractivity contribution is -0.166. The molecule has 0 saturated carbocycles. The average molecular weight is 264 g/mol. The van der Waals surface area contributed by atoms with Gasteiger partial charge in [-0.25, -0.2) is 4.79 Å². The molecule has 19 heavy (non-hydrogen) atoms. The Balaban J connectivity index is 1.80. The lowest BCUT2D eigenvalue weighted by atomic mass is 10.1. The predicted octanol–water partition coefficient (Wildman–Crippen LogP) is 2.22. The maximum Gasteiger partial charge on any atom is 0.511 e. The van der Waals surface area contributed by atoms with Crippen LogP contribution in [-0.4, -0.2) is 24.5 Å². The van der Waals surface area contributed by atoms with E-state index in [-0.39, 0.29) is 6.10 Å². The van der Waals surface area contributed by atoms with Crippen LogP contribution in [0.15, 0.2) is 24.3 Å². The van der Waals surface area contributed by atoms with Gasteiger partial charge in [0.2, 0.25) is 6.29 Å². The Labute approximate surface area is 111 Å². The Bertz CT molecular complexity index is 457. The molecular weight excluding hydrogens is 248 g/mol. The van der Waals surface area contributed by atoms with Gasteiger partial charge in [0.05, 0.1) is 0 Å². The normalized spacial score (nSPS) is 15.5. The fourth-order valence-electron chi connectivity index (χ4n) is 2.16. The van der Waals surface area contributed by atoms with E-state index in [1.807, 2.05) is 24.3 Å². The van der Waals surface area contributed by atoms with Crippen LogP contribution < -0.4 is 0 Å². The second-order valence-electron chi connectivity index (χ2n) is 4.46. The first-order chi connectivity index (χ1) is 9.04. The minimum atomic E-state index is -0.936. The third kappa shape index (κ3) is 3.71. The molecular formula is C14H16O5. The Kier molecular flexibility index (Phi) is 4.04. The quantitative estimate of drug-likeness (QED) is 0.618. The molecule has 2 rings (SSSR count). The van der Waals surface area contributed by atoms with Crippen LogP contribution in [0.25, 0.3) is 0 Å². The van der Waals surface area contributed by atoms with Crippen molar-refractivity contribution in [2.24, 2.45) is 0 Å². The topological polar surface area (TPSA) is 61.8 Å². The van der Waals surface area contributed by atoms with Crippen molar-refractivity contribution in [3.8, 4) is 0 Å². The third-order valence-electron chi connectivity index (χ3n) is 2.87. The van der Waals surface area contributed by atoms with E-state index in [4.69, 9.17) is 9.47 Å². The fourth-order valence-corrected chi connectivity index (χ4v) is 2.16. The molecule has 1 aromatic rings. The summed E-state index contributed by atoms with van der Waals surface area (Å²) < 4.78 is 14.7. The molecule has 0 bridgehead atoms. The first-order valence-corrected chi connectivity index (χ1v) is 6.16. The summed E-state index contributed by atoms with van der Waals surface area (Å²) >= 11 is 0. The Hall–Kier alpha value is -2.04. The van der Waals surface area contributed by atoms with E-state index in [1.54, 1.807) is 0 Å². The minimum absolute atomic E-state index is 0.213. The van der Waals surface area contributed by atoms with Crippen molar-refractivity contribution in [1.29, 1.82) is 0 Å². The Morgan fingerprint density at radius 2 is 1.74 bits per heavy atom. The van der Waals surface area contributed by atoms with Crippen molar-refractivity contribution in [1.82, 2.24) is 0 Å². The summed E-state index contributed by atoms with van der Waals surface area (Å²) in [5.74, 6) is -0.506. The largest absolute Gasteiger partial charge is 0.511 e. The van der Waals surface area contributed by atoms with Crippen LogP contribution in [0.4, 0.5) is 4.79 Å². The highest BCUT2D eigenvalue weighted by Crippen LogP contribution is 2.24. The van der Waals surface area contributed by atoms with Gasteiger partial charge in [0.15, 0.2) is 0 Å². The molecule has 102 valence electrons. The van der Waals surface area contributed by atoms with Gasteiger partial charge in [-0.2, -0.15) is 0 Å². The van der Waals surface area contributed by atoms with Crippen molar-refractivity contribution in [3.63, 3.8) is 0 Å². The molecule has 1 atom stereocenters. The Morgan fingerprint density at radius 3 is 2.26 bits per heavy atom. The summed E-state index contributed by atoms with van der Waals surface area (Å²) in [6, 6.07) is 7.96. The second kappa shape index (κ2) is 5.73. The lowest BCUT2D eigenvalue weighted by Crippen LogP contribution is -2.25. The molecule has 0 saturated heterocycles. The van der Waals surface area contributed by atoms with Gasteiger partial charge in [-0.1, -0.05) is 24.3 Å². The van der Waals surface area contributed by atoms with E-state index < -0.39 is 18.4 Å². The van der Waals surface area contributed by atoms with Crippen LogP contribution in [0, 0.1) is 0 Å². The summed E-state index contributed by atoms with van der Waals surface area (Å²) in [6.45, 7) is 2.71. The van der Waals surface area contributed by atoms with E-state index in [1.165, 1.54) is 25.0 Å². The predicted molar refractivity (Wildman–Crippen MR) is 66.4 cm³/mol. The molecule has 0 N–H and O–H groups in total. The van der Waals surface area contributed by atoms with Gasteiger partial charge >= 0.3 is 12.1 Å². The highest BCUT2D eigenvalue weighted by Gasteiger charge is 2.25. The molecule has 0 aliphatic heterocycles. The SMILES string of the molecule is CC(=O)OC(C)OC(=O)OC1Cc2ccccc2C1. The van der Waals surface area contributed by atoms with E-state index >= 15 is 0 Å². The number of ether oxygens (including phenoxy) is 3. The zero-order valence-electron chi connectivity index (χ0n) is 10.9. The monoisotopic (exact) mass is 264 g/mol. The van der Waals surface area contributed by atoms with Crippen LogP contribution >= 0.6 is 0 Å². The molecule has 5 nitrogen and oxygen atoms in total. The van der Waals surface area contributed by atoms with Crippen molar-refractivity contribution in [2.45, 2.75) is 39.1 Å². The van der Waals surface area contributed by atoms with E-state index in [0.29, 0.717) is 12.8 Å². The molecule has 0 heterocycles. The summed E-state index contributed by atoms with van der Waals surface area (Å²) in [5, 5.41) is 0. The summed E-state index contributed by atoms with van der Waals surface area (Å²) in [5.41, 5.74) is 2.38. The molecule has 5 heteroatoms. The maximum atomic E-state index is 11.5. The van der Waals surface area contributed by atoms with Crippen molar-refractivity contribution in [2.75, 3.05) is 0 Å². The van der Waals surface area contributed by atoms with E-state index in [2.05, 4.69) is 4.74 Å². The van der Waals surface area contributed by atoms with Crippen LogP contribution in [-0.2, 0) is 31.8 Å². The molecule has 1 unspecified atom stereocenters. The smallest absolute Gasteiger partial charge is 0.430 e. The van der Waals surface area contributed by atoms with Gasteiger partial charge in [0.25, 0.3) is 0 Å². The van der Waals surface area contributed by atoms with Crippen molar-refractivity contribution < 1.29 is 23.8 Å². The number of fused-ring (bicyclic) bond motifs is 1. The minimum Gasteiger partial charge on any atom is -0.430 e. The van der Waals surface area contributed by atoms with Crippen molar-refractivity contribution >= 4 is 12.1 Å². The number of hydrogen-bond donors (Lipinski definition) is 0. The molecule has 0 radical (unpaired) electrons. The number of esters is 1. The molecule has 0 fully saturated rings. The fraction of sp³-hybridized carbons (Fsp3) is 0.429. The average Bonchev–Trinajstić information content (AvgIpc) is 2.68. The number of carbonyl (C=O) groups is 2. The third-order valence-corrected chi connectivity index (χ3v) is 2.87. The number of benzene rings is 1. The number of rotatable bonds is 3. The zero-order valence-corrected chi connectivity index (χ0v) is 10.9. The summed E-state index contributed by atoms with van der Waals surface area (Å²) in [7, 11) is 0. The van der Waals surface area contributed by atoms with Gasteiger partial charge in [0, 0.05) is 26.7 Å². The van der Waals surface area contributed by atoms with Gasteiger partial charge < -0.3 is 14.2 Å². The lowest BCUT2D eigenvalue weighted by Gasteiger charge is -2.15. The maximum absolute atomic E-state index is 11.5. The van der Waals surface area contributed by atoms with Crippen molar-refractivity contribution in [3.05, 3.63) is 35.4 Å². The van der Waals surface area contributed by atoms with Crippen LogP contribution in [0.3, 0.4) is 0 Å². The summed E-state index contributed by atoms with van der Waals surface area (Å²) in [4.78, 5) is 22.2. The number of carbonyl (C=O) groups excluding carboxylic acids is 2. The van der Waals surface area contributed by atoms with Gasteiger partial charge in [0.1, 0.15) is 6.10 Å². The second-order valence-corrected chi connectivity index (χ2v) is 4.46. The molecule has 1 aliphatic carbocycles. The molecule has 0 aromatic heterocycles. The van der Waals surface area contributed by atoms with E-state index in [0.717, 1.165) is 0 Å². The van der Waals surface area contributed by atoms with Gasteiger partial charge in [-0.15, -0.1) is 0 Å². The summed E-state index contributed by atoms with van der Waals surface area (Å²) in [6.07, 6.45) is -0.588. The molecule has 0 amide bonds.